The minimum Gasteiger partial charge on any atom is -0.452 e. The highest BCUT2D eigenvalue weighted by atomic mass is 32.1. The molecule has 2 heterocycles. The molecule has 1 aliphatic carbocycles. The van der Waals surface area contributed by atoms with E-state index in [0.29, 0.717) is 38.3 Å². The number of fused-ring (bicyclic) bond motifs is 2. The minimum atomic E-state index is -0.612. The second-order valence-electron chi connectivity index (χ2n) is 8.75. The first kappa shape index (κ1) is 23.7. The topological polar surface area (TPSA) is 111 Å². The summed E-state index contributed by atoms with van der Waals surface area (Å²) < 4.78 is 5.45. The van der Waals surface area contributed by atoms with Gasteiger partial charge in [0.05, 0.1) is 22.3 Å². The van der Waals surface area contributed by atoms with Crippen molar-refractivity contribution in [3.8, 4) is 11.3 Å². The zero-order valence-electron chi connectivity index (χ0n) is 19.8. The van der Waals surface area contributed by atoms with E-state index in [1.54, 1.807) is 0 Å². The third-order valence-corrected chi connectivity index (χ3v) is 7.60. The molecule has 0 unspecified atom stereocenters. The van der Waals surface area contributed by atoms with Gasteiger partial charge in [-0.05, 0) is 49.8 Å². The number of aromatic nitrogens is 1. The maximum Gasteiger partial charge on any atom is 0.339 e. The van der Waals surface area contributed by atoms with Crippen LogP contribution >= 0.6 is 11.3 Å². The largest absolute Gasteiger partial charge is 0.452 e. The second kappa shape index (κ2) is 9.91. The van der Waals surface area contributed by atoms with Crippen molar-refractivity contribution in [2.75, 3.05) is 11.9 Å². The summed E-state index contributed by atoms with van der Waals surface area (Å²) >= 11 is 1.37. The van der Waals surface area contributed by atoms with E-state index in [0.717, 1.165) is 41.7 Å². The lowest BCUT2D eigenvalue weighted by molar-refractivity contribution is -0.119. The molecule has 0 atom stereocenters. The van der Waals surface area contributed by atoms with Crippen molar-refractivity contribution in [1.29, 1.82) is 0 Å². The number of amides is 2. The highest BCUT2D eigenvalue weighted by Crippen LogP contribution is 2.38. The molecule has 36 heavy (non-hydrogen) atoms. The van der Waals surface area contributed by atoms with E-state index < -0.39 is 24.4 Å². The van der Waals surface area contributed by atoms with Gasteiger partial charge in [-0.25, -0.2) is 9.78 Å². The van der Waals surface area contributed by atoms with Crippen LogP contribution in [0.2, 0.25) is 0 Å². The molecule has 4 aromatic rings. The van der Waals surface area contributed by atoms with Crippen LogP contribution in [-0.2, 0) is 22.4 Å². The number of ether oxygens (including phenoxy) is 1. The third-order valence-electron chi connectivity index (χ3n) is 6.39. The average Bonchev–Trinajstić information content (AvgIpc) is 3.25. The summed E-state index contributed by atoms with van der Waals surface area (Å²) in [4.78, 5) is 43.9. The standard InChI is InChI=1S/C28H25N3O4S/c1-16-23(18-11-5-7-13-20(18)30-25(16)17-9-3-2-4-10-17)28(34)35-15-22(32)31-27-24(26(29)33)19-12-6-8-14-21(19)36-27/h2-5,7,9-11,13H,6,8,12,14-15H2,1H3,(H2,29,33)(H,31,32). The fourth-order valence-electron chi connectivity index (χ4n) is 4.73. The van der Waals surface area contributed by atoms with Gasteiger partial charge in [-0.3, -0.25) is 9.59 Å². The summed E-state index contributed by atoms with van der Waals surface area (Å²) in [5.41, 5.74) is 10.2. The number of nitrogens with zero attached hydrogens (tertiary/aromatic N) is 1. The van der Waals surface area contributed by atoms with Gasteiger partial charge in [0.25, 0.3) is 11.8 Å². The first-order valence-electron chi connectivity index (χ1n) is 11.8. The highest BCUT2D eigenvalue weighted by Gasteiger charge is 2.26. The Morgan fingerprint density at radius 1 is 1.00 bits per heavy atom. The molecule has 182 valence electrons. The smallest absolute Gasteiger partial charge is 0.339 e. The summed E-state index contributed by atoms with van der Waals surface area (Å²) in [6, 6.07) is 17.0. The lowest BCUT2D eigenvalue weighted by Crippen LogP contribution is -2.23. The Morgan fingerprint density at radius 2 is 1.72 bits per heavy atom. The monoisotopic (exact) mass is 499 g/mol. The molecule has 8 heteroatoms. The molecule has 2 aromatic carbocycles. The van der Waals surface area contributed by atoms with E-state index >= 15 is 0 Å². The number of carbonyl (C=O) groups excluding carboxylic acids is 3. The molecule has 3 N–H and O–H groups in total. The quantitative estimate of drug-likeness (QED) is 0.361. The molecule has 1 aliphatic rings. The van der Waals surface area contributed by atoms with E-state index in [1.165, 1.54) is 11.3 Å². The van der Waals surface area contributed by atoms with Crippen LogP contribution in [0.25, 0.3) is 22.2 Å². The summed E-state index contributed by atoms with van der Waals surface area (Å²) in [5, 5.41) is 3.81. The molecule has 0 aliphatic heterocycles. The van der Waals surface area contributed by atoms with Gasteiger partial charge in [0.1, 0.15) is 5.00 Å². The van der Waals surface area contributed by atoms with Crippen molar-refractivity contribution in [3.05, 3.63) is 81.7 Å². The van der Waals surface area contributed by atoms with Gasteiger partial charge in [-0.15, -0.1) is 11.3 Å². The highest BCUT2D eigenvalue weighted by molar-refractivity contribution is 7.17. The number of hydrogen-bond donors (Lipinski definition) is 2. The predicted molar refractivity (Wildman–Crippen MR) is 140 cm³/mol. The average molecular weight is 500 g/mol. The Morgan fingerprint density at radius 3 is 2.50 bits per heavy atom. The summed E-state index contributed by atoms with van der Waals surface area (Å²) in [6.07, 6.45) is 3.66. The Bertz CT molecular complexity index is 1490. The number of thiophene rings is 1. The maximum absolute atomic E-state index is 13.3. The lowest BCUT2D eigenvalue weighted by Gasteiger charge is -2.14. The van der Waals surface area contributed by atoms with Crippen molar-refractivity contribution in [2.45, 2.75) is 32.6 Å². The van der Waals surface area contributed by atoms with Crippen molar-refractivity contribution in [3.63, 3.8) is 0 Å². The Hall–Kier alpha value is -4.04. The maximum atomic E-state index is 13.3. The van der Waals surface area contributed by atoms with Crippen LogP contribution in [0.1, 0.15) is 49.6 Å². The number of pyridine rings is 1. The van der Waals surface area contributed by atoms with E-state index in [4.69, 9.17) is 15.5 Å². The summed E-state index contributed by atoms with van der Waals surface area (Å²) in [7, 11) is 0. The van der Waals surface area contributed by atoms with Gasteiger partial charge in [0, 0.05) is 15.8 Å². The molecule has 7 nitrogen and oxygen atoms in total. The predicted octanol–water partition coefficient (Wildman–Crippen LogP) is 5.04. The fraction of sp³-hybridized carbons (Fsp3) is 0.214. The van der Waals surface area contributed by atoms with E-state index in [2.05, 4.69) is 5.32 Å². The first-order valence-corrected chi connectivity index (χ1v) is 12.6. The Labute approximate surface area is 212 Å². The normalized spacial score (nSPS) is 12.7. The zero-order valence-corrected chi connectivity index (χ0v) is 20.6. The Kier molecular flexibility index (Phi) is 6.52. The number of hydrogen-bond acceptors (Lipinski definition) is 6. The second-order valence-corrected chi connectivity index (χ2v) is 9.85. The number of nitrogens with one attached hydrogen (secondary N) is 1. The number of carbonyl (C=O) groups is 3. The molecule has 0 bridgehead atoms. The van der Waals surface area contributed by atoms with E-state index in [-0.39, 0.29) is 0 Å². The van der Waals surface area contributed by atoms with Gasteiger partial charge < -0.3 is 15.8 Å². The van der Waals surface area contributed by atoms with Crippen LogP contribution in [0.15, 0.2) is 54.6 Å². The van der Waals surface area contributed by atoms with Crippen molar-refractivity contribution < 1.29 is 19.1 Å². The van der Waals surface area contributed by atoms with Gasteiger partial charge in [0.15, 0.2) is 6.61 Å². The number of primary amides is 1. The Balaban J connectivity index is 1.39. The molecule has 5 rings (SSSR count). The number of rotatable bonds is 6. The van der Waals surface area contributed by atoms with Crippen molar-refractivity contribution in [2.24, 2.45) is 5.73 Å². The number of esters is 1. The van der Waals surface area contributed by atoms with Crippen molar-refractivity contribution >= 4 is 45.0 Å². The SMILES string of the molecule is Cc1c(-c2ccccc2)nc2ccccc2c1C(=O)OCC(=O)Nc1sc2c(c1C(N)=O)CCCC2. The molecular weight excluding hydrogens is 474 g/mol. The van der Waals surface area contributed by atoms with Gasteiger partial charge in [-0.2, -0.15) is 0 Å². The summed E-state index contributed by atoms with van der Waals surface area (Å²) in [6.45, 7) is 1.34. The molecule has 0 radical (unpaired) electrons. The van der Waals surface area contributed by atoms with Crippen LogP contribution < -0.4 is 11.1 Å². The molecule has 0 saturated heterocycles. The number of aryl methyl sites for hydroxylation is 1. The zero-order chi connectivity index (χ0) is 25.2. The van der Waals surface area contributed by atoms with Crippen LogP contribution in [-0.4, -0.2) is 29.4 Å². The molecular formula is C28H25N3O4S. The molecule has 0 saturated carbocycles. The lowest BCUT2D eigenvalue weighted by atomic mass is 9.95. The third kappa shape index (κ3) is 4.47. The molecule has 0 fully saturated rings. The number of benzene rings is 2. The number of nitrogens with two attached hydrogens (primary N) is 1. The van der Waals surface area contributed by atoms with Gasteiger partial charge >= 0.3 is 5.97 Å². The number of anilines is 1. The van der Waals surface area contributed by atoms with Crippen LogP contribution in [0.5, 0.6) is 0 Å². The van der Waals surface area contributed by atoms with Gasteiger partial charge in [0.2, 0.25) is 0 Å². The van der Waals surface area contributed by atoms with Crippen LogP contribution in [0, 0.1) is 6.92 Å². The number of para-hydroxylation sites is 1. The first-order chi connectivity index (χ1) is 17.4. The van der Waals surface area contributed by atoms with Crippen molar-refractivity contribution in [1.82, 2.24) is 4.98 Å². The molecule has 0 spiro atoms. The van der Waals surface area contributed by atoms with E-state index in [9.17, 15) is 14.4 Å². The molecule has 2 aromatic heterocycles. The fourth-order valence-corrected chi connectivity index (χ4v) is 6.04. The van der Waals surface area contributed by atoms with Gasteiger partial charge in [-0.1, -0.05) is 48.5 Å². The van der Waals surface area contributed by atoms with E-state index in [1.807, 2.05) is 61.5 Å². The van der Waals surface area contributed by atoms with Crippen LogP contribution in [0.4, 0.5) is 5.00 Å². The molecule has 2 amide bonds. The minimum absolute atomic E-state index is 0.372. The van der Waals surface area contributed by atoms with Crippen LogP contribution in [0.3, 0.4) is 0 Å². The summed E-state index contributed by atoms with van der Waals surface area (Å²) in [5.74, 6) is -1.70.